The fraction of sp³-hybridized carbons (Fsp3) is 0.500. The van der Waals surface area contributed by atoms with Crippen LogP contribution in [0, 0.1) is 23.2 Å². The summed E-state index contributed by atoms with van der Waals surface area (Å²) in [4.78, 5) is 49.8. The van der Waals surface area contributed by atoms with Crippen molar-refractivity contribution >= 4 is 40.9 Å². The Morgan fingerprint density at radius 2 is 1.76 bits per heavy atom. The number of imide groups is 1. The van der Waals surface area contributed by atoms with Crippen molar-refractivity contribution in [3.63, 3.8) is 0 Å². The molecule has 4 bridgehead atoms. The van der Waals surface area contributed by atoms with Gasteiger partial charge in [-0.25, -0.2) is 0 Å². The van der Waals surface area contributed by atoms with Crippen LogP contribution in [0.2, 0.25) is 0 Å². The van der Waals surface area contributed by atoms with E-state index in [1.807, 2.05) is 0 Å². The van der Waals surface area contributed by atoms with Gasteiger partial charge in [-0.05, 0) is 91.8 Å². The number of carbonyl (C=O) groups excluding carboxylic acids is 4. The smallest absolute Gasteiger partial charge is 0.317 e. The number of hydrogen-bond donors (Lipinski definition) is 1. The zero-order valence-corrected chi connectivity index (χ0v) is 19.2. The van der Waals surface area contributed by atoms with Crippen molar-refractivity contribution in [2.45, 2.75) is 38.5 Å². The average molecular weight is 471 g/mol. The van der Waals surface area contributed by atoms with Gasteiger partial charge in [-0.3, -0.25) is 24.1 Å². The number of carbonyl (C=O) groups is 4. The monoisotopic (exact) mass is 470 g/mol. The largest absolute Gasteiger partial charge is 0.493 e. The van der Waals surface area contributed by atoms with Crippen LogP contribution in [-0.2, 0) is 14.4 Å². The number of nitrogens with zero attached hydrogens (tertiary/aromatic N) is 1. The number of ether oxygens (including phenoxy) is 2. The fourth-order valence-corrected chi connectivity index (χ4v) is 7.21. The van der Waals surface area contributed by atoms with E-state index < -0.39 is 23.6 Å². The number of nitrogens with two attached hydrogens (primary N) is 1. The Labute approximate surface area is 195 Å². The van der Waals surface area contributed by atoms with Gasteiger partial charge in [0.05, 0.1) is 17.4 Å². The topological polar surface area (TPSA) is 116 Å². The van der Waals surface area contributed by atoms with E-state index >= 15 is 0 Å². The molecule has 1 saturated heterocycles. The zero-order valence-electron chi connectivity index (χ0n) is 18.4. The summed E-state index contributed by atoms with van der Waals surface area (Å²) >= 11 is 0.744. The summed E-state index contributed by atoms with van der Waals surface area (Å²) in [6.45, 7) is -0.454. The van der Waals surface area contributed by atoms with E-state index in [-0.39, 0.29) is 16.3 Å². The molecule has 0 spiro atoms. The Hall–Kier alpha value is -2.81. The fourth-order valence-electron chi connectivity index (χ4n) is 6.37. The lowest BCUT2D eigenvalue weighted by molar-refractivity contribution is -0.161. The lowest BCUT2D eigenvalue weighted by Gasteiger charge is -2.55. The van der Waals surface area contributed by atoms with Gasteiger partial charge in [0.2, 0.25) is 5.91 Å². The lowest BCUT2D eigenvalue weighted by atomic mass is 9.49. The lowest BCUT2D eigenvalue weighted by Crippen LogP contribution is -2.51. The number of primary amides is 1. The van der Waals surface area contributed by atoms with Crippen LogP contribution in [0.1, 0.15) is 44.1 Å². The van der Waals surface area contributed by atoms with Gasteiger partial charge in [0.1, 0.15) is 6.54 Å². The summed E-state index contributed by atoms with van der Waals surface area (Å²) in [5, 5.41) is -0.543. The van der Waals surface area contributed by atoms with Crippen molar-refractivity contribution in [2.75, 3.05) is 13.7 Å². The van der Waals surface area contributed by atoms with Crippen LogP contribution < -0.4 is 15.2 Å². The van der Waals surface area contributed by atoms with Crippen LogP contribution in [-0.4, -0.2) is 41.6 Å². The van der Waals surface area contributed by atoms with Crippen LogP contribution in [0.3, 0.4) is 0 Å². The molecule has 8 nitrogen and oxygen atoms in total. The Kier molecular flexibility index (Phi) is 5.47. The molecule has 6 rings (SSSR count). The van der Waals surface area contributed by atoms with Crippen molar-refractivity contribution < 1.29 is 28.7 Å². The van der Waals surface area contributed by atoms with E-state index in [2.05, 4.69) is 0 Å². The molecule has 4 aliphatic carbocycles. The molecule has 0 aromatic heterocycles. The molecule has 1 heterocycles. The first-order chi connectivity index (χ1) is 15.8. The summed E-state index contributed by atoms with van der Waals surface area (Å²) in [5.41, 5.74) is 5.34. The standard InChI is InChI=1S/C24H26N2O6S/c1-31-18-7-13(8-19-21(28)26(12-20(25)27)23(30)33-19)2-3-17(18)32-22(29)24-9-14-4-15(10-24)6-16(5-14)11-24/h2-3,7-8,14-16H,4-6,9-12H2,1H3,(H2,25,27)/b19-8-. The van der Waals surface area contributed by atoms with Gasteiger partial charge in [-0.15, -0.1) is 0 Å². The first kappa shape index (κ1) is 22.0. The molecular formula is C24H26N2O6S. The van der Waals surface area contributed by atoms with E-state index in [0.717, 1.165) is 35.9 Å². The number of methoxy groups -OCH3 is 1. The van der Waals surface area contributed by atoms with Crippen LogP contribution in [0.5, 0.6) is 11.5 Å². The third-order valence-corrected chi connectivity index (χ3v) is 8.25. The second kappa shape index (κ2) is 8.20. The molecule has 5 aliphatic rings. The Morgan fingerprint density at radius 1 is 1.12 bits per heavy atom. The summed E-state index contributed by atoms with van der Waals surface area (Å²) < 4.78 is 11.3. The molecule has 0 atom stereocenters. The summed E-state index contributed by atoms with van der Waals surface area (Å²) in [6, 6.07) is 5.01. The van der Waals surface area contributed by atoms with Gasteiger partial charge in [0, 0.05) is 0 Å². The van der Waals surface area contributed by atoms with E-state index in [1.54, 1.807) is 24.3 Å². The molecule has 1 aromatic rings. The van der Waals surface area contributed by atoms with Crippen LogP contribution in [0.25, 0.3) is 6.08 Å². The van der Waals surface area contributed by atoms with E-state index in [4.69, 9.17) is 15.2 Å². The molecular weight excluding hydrogens is 444 g/mol. The second-order valence-corrected chi connectivity index (χ2v) is 10.7. The average Bonchev–Trinajstić information content (AvgIpc) is 3.00. The number of amides is 3. The van der Waals surface area contributed by atoms with E-state index in [9.17, 15) is 19.2 Å². The first-order valence-corrected chi connectivity index (χ1v) is 12.0. The molecule has 9 heteroatoms. The number of rotatable bonds is 6. The van der Waals surface area contributed by atoms with Gasteiger partial charge in [0.15, 0.2) is 11.5 Å². The highest BCUT2D eigenvalue weighted by Crippen LogP contribution is 2.60. The number of hydrogen-bond acceptors (Lipinski definition) is 7. The predicted octanol–water partition coefficient (Wildman–Crippen LogP) is 3.34. The maximum atomic E-state index is 13.3. The van der Waals surface area contributed by atoms with Crippen LogP contribution >= 0.6 is 11.8 Å². The maximum Gasteiger partial charge on any atom is 0.317 e. The Morgan fingerprint density at radius 3 is 2.33 bits per heavy atom. The molecule has 0 radical (unpaired) electrons. The van der Waals surface area contributed by atoms with Crippen molar-refractivity contribution in [2.24, 2.45) is 28.9 Å². The number of esters is 1. The number of thioether (sulfide) groups is 1. The summed E-state index contributed by atoms with van der Waals surface area (Å²) in [5.74, 6) is 1.13. The highest BCUT2D eigenvalue weighted by atomic mass is 32.2. The summed E-state index contributed by atoms with van der Waals surface area (Å²) in [7, 11) is 1.49. The zero-order chi connectivity index (χ0) is 23.3. The maximum absolute atomic E-state index is 13.3. The van der Waals surface area contributed by atoms with Crippen molar-refractivity contribution in [1.29, 1.82) is 0 Å². The molecule has 174 valence electrons. The van der Waals surface area contributed by atoms with Gasteiger partial charge >= 0.3 is 5.97 Å². The first-order valence-electron chi connectivity index (χ1n) is 11.2. The second-order valence-electron chi connectivity index (χ2n) is 9.73. The minimum Gasteiger partial charge on any atom is -0.493 e. The Balaban J connectivity index is 1.34. The molecule has 5 fully saturated rings. The minimum absolute atomic E-state index is 0.166. The van der Waals surface area contributed by atoms with E-state index in [1.165, 1.54) is 26.4 Å². The van der Waals surface area contributed by atoms with Crippen molar-refractivity contribution in [1.82, 2.24) is 4.90 Å². The summed E-state index contributed by atoms with van der Waals surface area (Å²) in [6.07, 6.45) is 8.03. The van der Waals surface area contributed by atoms with E-state index in [0.29, 0.717) is 34.8 Å². The molecule has 3 amide bonds. The van der Waals surface area contributed by atoms with Crippen molar-refractivity contribution in [3.8, 4) is 11.5 Å². The minimum atomic E-state index is -0.759. The molecule has 4 saturated carbocycles. The Bertz CT molecular complexity index is 1050. The molecule has 1 aliphatic heterocycles. The highest BCUT2D eigenvalue weighted by molar-refractivity contribution is 8.18. The molecule has 2 N–H and O–H groups in total. The van der Waals surface area contributed by atoms with Crippen LogP contribution in [0.4, 0.5) is 4.79 Å². The molecule has 33 heavy (non-hydrogen) atoms. The molecule has 1 aromatic carbocycles. The van der Waals surface area contributed by atoms with Crippen LogP contribution in [0.15, 0.2) is 23.1 Å². The highest BCUT2D eigenvalue weighted by Gasteiger charge is 2.55. The van der Waals surface area contributed by atoms with Gasteiger partial charge in [-0.2, -0.15) is 0 Å². The van der Waals surface area contributed by atoms with Gasteiger partial charge < -0.3 is 15.2 Å². The molecule has 0 unspecified atom stereocenters. The van der Waals surface area contributed by atoms with Crippen molar-refractivity contribution in [3.05, 3.63) is 28.7 Å². The SMILES string of the molecule is COc1cc(/C=C2\SC(=O)N(CC(N)=O)C2=O)ccc1OC(=O)C12CC3CC(CC(C3)C1)C2. The predicted molar refractivity (Wildman–Crippen MR) is 121 cm³/mol. The van der Waals surface area contributed by atoms with Gasteiger partial charge in [0.25, 0.3) is 11.1 Å². The third-order valence-electron chi connectivity index (χ3n) is 7.35. The quantitative estimate of drug-likeness (QED) is 0.385. The third kappa shape index (κ3) is 4.03. The number of benzene rings is 1. The van der Waals surface area contributed by atoms with Gasteiger partial charge in [-0.1, -0.05) is 6.07 Å². The normalized spacial score (nSPS) is 31.4.